The fourth-order valence-electron chi connectivity index (χ4n) is 1.88. The van der Waals surface area contributed by atoms with Gasteiger partial charge in [0.05, 0.1) is 5.69 Å². The van der Waals surface area contributed by atoms with E-state index in [4.69, 9.17) is 23.2 Å². The molecule has 1 unspecified atom stereocenters. The van der Waals surface area contributed by atoms with E-state index in [1.54, 1.807) is 6.29 Å². The van der Waals surface area contributed by atoms with Gasteiger partial charge in [0.15, 0.2) is 16.0 Å². The van der Waals surface area contributed by atoms with Crippen LogP contribution in [0.5, 0.6) is 0 Å². The minimum absolute atomic E-state index is 0.0993. The second kappa shape index (κ2) is 11.5. The van der Waals surface area contributed by atoms with Crippen molar-refractivity contribution in [3.63, 3.8) is 0 Å². The van der Waals surface area contributed by atoms with E-state index >= 15 is 0 Å². The van der Waals surface area contributed by atoms with Gasteiger partial charge in [0.2, 0.25) is 18.1 Å². The number of oxime groups is 1. The zero-order valence-corrected chi connectivity index (χ0v) is 18.2. The van der Waals surface area contributed by atoms with Crippen LogP contribution in [0.4, 0.5) is 10.3 Å². The predicted octanol–water partition coefficient (Wildman–Crippen LogP) is 1.27. The van der Waals surface area contributed by atoms with Gasteiger partial charge >= 0.3 is 0 Å². The van der Waals surface area contributed by atoms with Gasteiger partial charge in [0, 0.05) is 10.8 Å². The van der Waals surface area contributed by atoms with Crippen LogP contribution in [0, 0.1) is 0 Å². The average molecular weight is 492 g/mol. The van der Waals surface area contributed by atoms with Crippen molar-refractivity contribution in [1.29, 1.82) is 0 Å². The number of anilines is 2. The summed E-state index contributed by atoms with van der Waals surface area (Å²) >= 11 is 12.9. The highest BCUT2D eigenvalue weighted by atomic mass is 35.5. The van der Waals surface area contributed by atoms with Crippen LogP contribution in [0.1, 0.15) is 17.4 Å². The molecular weight excluding hydrogens is 479 g/mol. The number of nitrogens with one attached hydrogen (secondary N) is 3. The summed E-state index contributed by atoms with van der Waals surface area (Å²) in [5, 5.41) is 14.2. The number of alkyl halides is 2. The van der Waals surface area contributed by atoms with E-state index in [-0.39, 0.29) is 39.1 Å². The van der Waals surface area contributed by atoms with Crippen LogP contribution in [0.2, 0.25) is 0 Å². The third kappa shape index (κ3) is 6.45. The lowest BCUT2D eigenvalue weighted by Gasteiger charge is -2.10. The van der Waals surface area contributed by atoms with Crippen LogP contribution in [0.15, 0.2) is 15.9 Å². The molecule has 2 heterocycles. The highest BCUT2D eigenvalue weighted by molar-refractivity contribution is 7.14. The number of carbonyl (C=O) groups is 3. The fourth-order valence-corrected chi connectivity index (χ4v) is 3.48. The first-order chi connectivity index (χ1) is 14.4. The van der Waals surface area contributed by atoms with Crippen LogP contribution < -0.4 is 16.0 Å². The number of thiazole rings is 2. The number of hydrogen-bond acceptors (Lipinski definition) is 10. The minimum Gasteiger partial charge on any atom is -0.398 e. The van der Waals surface area contributed by atoms with Crippen molar-refractivity contribution in [2.75, 3.05) is 29.5 Å². The molecule has 0 saturated heterocycles. The van der Waals surface area contributed by atoms with Crippen molar-refractivity contribution in [1.82, 2.24) is 15.3 Å². The first-order valence-electron chi connectivity index (χ1n) is 7.84. The third-order valence-corrected chi connectivity index (χ3v) is 5.11. The van der Waals surface area contributed by atoms with E-state index < -0.39 is 23.8 Å². The van der Waals surface area contributed by atoms with Crippen LogP contribution in [0.3, 0.4) is 0 Å². The summed E-state index contributed by atoms with van der Waals surface area (Å²) in [4.78, 5) is 59.5. The monoisotopic (exact) mass is 491 g/mol. The van der Waals surface area contributed by atoms with E-state index in [1.807, 2.05) is 0 Å². The highest BCUT2D eigenvalue weighted by Gasteiger charge is 2.25. The van der Waals surface area contributed by atoms with E-state index in [1.165, 1.54) is 17.9 Å². The number of nitrogens with zero attached hydrogens (tertiary/aromatic N) is 3. The summed E-state index contributed by atoms with van der Waals surface area (Å²) in [6.45, 7) is 0. The molecule has 0 saturated carbocycles. The lowest BCUT2D eigenvalue weighted by Crippen LogP contribution is -2.36. The Labute approximate surface area is 187 Å². The maximum atomic E-state index is 12.6. The average Bonchev–Trinajstić information content (AvgIpc) is 3.39. The Morgan fingerprint density at radius 3 is 2.30 bits per heavy atom. The van der Waals surface area contributed by atoms with Gasteiger partial charge in [-0.2, -0.15) is 0 Å². The summed E-state index contributed by atoms with van der Waals surface area (Å²) in [5.41, 5.74) is 0.00631. The molecule has 11 nitrogen and oxygen atoms in total. The van der Waals surface area contributed by atoms with Crippen molar-refractivity contribution >= 4 is 85.9 Å². The molecule has 0 aliphatic heterocycles. The van der Waals surface area contributed by atoms with E-state index in [2.05, 4.69) is 35.9 Å². The van der Waals surface area contributed by atoms with E-state index in [0.717, 1.165) is 22.7 Å². The molecule has 0 aliphatic carbocycles. The standard InChI is InChI=1S/C15H13Cl2N6O5S2/c1-28-23-12(9-6-30-15(20-9)22-11(26)3-17)13(27)18-7(4-24)8-5-29-14(19-8)21-10(25)2-16/h5-7H,2-3H2,1H3,(H,18,27)(H,19,21,25)(H,20,22,26)/b23-12-. The largest absolute Gasteiger partial charge is 0.398 e. The molecule has 3 N–H and O–H groups in total. The molecule has 15 heteroatoms. The number of rotatable bonds is 10. The maximum Gasteiger partial charge on any atom is 0.276 e. The molecule has 0 bridgehead atoms. The van der Waals surface area contributed by atoms with Crippen LogP contribution in [0.25, 0.3) is 0 Å². The van der Waals surface area contributed by atoms with Gasteiger partial charge in [-0.05, 0) is 0 Å². The maximum absolute atomic E-state index is 12.6. The Kier molecular flexibility index (Phi) is 9.11. The summed E-state index contributed by atoms with van der Waals surface area (Å²) < 4.78 is 0. The summed E-state index contributed by atoms with van der Waals surface area (Å²) in [5.74, 6) is -2.25. The molecule has 0 aromatic carbocycles. The molecule has 1 radical (unpaired) electrons. The van der Waals surface area contributed by atoms with Crippen LogP contribution in [-0.2, 0) is 24.0 Å². The van der Waals surface area contributed by atoms with Crippen molar-refractivity contribution in [3.05, 3.63) is 22.1 Å². The molecular formula is C15H13Cl2N6O5S2. The lowest BCUT2D eigenvalue weighted by atomic mass is 10.2. The number of carbonyl (C=O) groups excluding carboxylic acids is 4. The zero-order valence-electron chi connectivity index (χ0n) is 15.1. The summed E-state index contributed by atoms with van der Waals surface area (Å²) in [7, 11) is 1.23. The second-order valence-corrected chi connectivity index (χ2v) is 7.38. The number of hydrogen-bond donors (Lipinski definition) is 3. The lowest BCUT2D eigenvalue weighted by molar-refractivity contribution is -0.115. The van der Waals surface area contributed by atoms with Gasteiger partial charge in [-0.1, -0.05) is 5.16 Å². The molecule has 0 fully saturated rings. The Morgan fingerprint density at radius 1 is 1.13 bits per heavy atom. The van der Waals surface area contributed by atoms with E-state index in [0.29, 0.717) is 0 Å². The van der Waals surface area contributed by atoms with Gasteiger partial charge in [0.25, 0.3) is 5.91 Å². The minimum atomic E-state index is -1.24. The Morgan fingerprint density at radius 2 is 1.73 bits per heavy atom. The number of aromatic nitrogens is 2. The first-order valence-corrected chi connectivity index (χ1v) is 10.7. The Bertz CT molecular complexity index is 963. The molecule has 2 aromatic heterocycles. The first kappa shape index (κ1) is 23.7. The second-order valence-electron chi connectivity index (χ2n) is 5.13. The normalized spacial score (nSPS) is 12.0. The quantitative estimate of drug-likeness (QED) is 0.257. The molecule has 1 atom stereocenters. The van der Waals surface area contributed by atoms with Crippen LogP contribution in [-0.4, -0.2) is 58.6 Å². The topological polar surface area (TPSA) is 152 Å². The highest BCUT2D eigenvalue weighted by Crippen LogP contribution is 2.21. The smallest absolute Gasteiger partial charge is 0.276 e. The van der Waals surface area contributed by atoms with E-state index in [9.17, 15) is 19.2 Å². The SMILES string of the molecule is CO/N=C(\C(=O)NC([C]=O)c1csc(NC(=O)CCl)n1)c1csc(NC(=O)CCl)n1. The van der Waals surface area contributed by atoms with Gasteiger partial charge < -0.3 is 20.8 Å². The van der Waals surface area contributed by atoms with Gasteiger partial charge in [-0.25, -0.2) is 9.97 Å². The van der Waals surface area contributed by atoms with Crippen molar-refractivity contribution in [3.8, 4) is 0 Å². The number of amides is 3. The van der Waals surface area contributed by atoms with Crippen molar-refractivity contribution in [2.45, 2.75) is 6.04 Å². The zero-order chi connectivity index (χ0) is 22.1. The molecule has 2 aromatic rings. The predicted molar refractivity (Wildman–Crippen MR) is 113 cm³/mol. The van der Waals surface area contributed by atoms with Gasteiger partial charge in [-0.15, -0.1) is 45.9 Å². The third-order valence-electron chi connectivity index (χ3n) is 3.09. The summed E-state index contributed by atoms with van der Waals surface area (Å²) in [6, 6.07) is -1.24. The Balaban J connectivity index is 2.15. The molecule has 30 heavy (non-hydrogen) atoms. The molecule has 159 valence electrons. The van der Waals surface area contributed by atoms with Crippen molar-refractivity contribution in [2.24, 2.45) is 5.16 Å². The molecule has 2 rings (SSSR count). The molecule has 3 amide bonds. The summed E-state index contributed by atoms with van der Waals surface area (Å²) in [6.07, 6.45) is 1.66. The van der Waals surface area contributed by atoms with Crippen molar-refractivity contribution < 1.29 is 24.0 Å². The van der Waals surface area contributed by atoms with Crippen LogP contribution >= 0.6 is 45.9 Å². The van der Waals surface area contributed by atoms with Gasteiger partial charge in [-0.3, -0.25) is 19.2 Å². The number of halogens is 2. The van der Waals surface area contributed by atoms with Gasteiger partial charge in [0.1, 0.15) is 30.6 Å². The fraction of sp³-hybridized carbons (Fsp3) is 0.267. The molecule has 0 spiro atoms. The Hall–Kier alpha value is -2.61. The molecule has 0 aliphatic rings.